The Labute approximate surface area is 612 Å². The number of esters is 4. The van der Waals surface area contributed by atoms with E-state index in [0.29, 0.717) is 25.7 Å². The van der Waals surface area contributed by atoms with Crippen LogP contribution < -0.4 is 0 Å². The molecule has 6 atom stereocenters. The number of rotatable bonds is 79. The molecule has 0 bridgehead atoms. The first-order valence-electron chi connectivity index (χ1n) is 41.5. The van der Waals surface area contributed by atoms with Crippen molar-refractivity contribution in [2.24, 2.45) is 5.92 Å². The SMILES string of the molecule is CCCCCC/C=C\C=C/CCCCCCCC(=O)O[C@H](COC(=O)CCCCCCCCCC)COP(=O)(O)OC[C@H](O)COP(=O)(O)OC[C@@H](COC(=O)CCCCCCCCCCCCCCCCC(C)CC)OC(=O)CCCCCCCCCCCCCCCCCCCCC. The molecule has 19 heteroatoms. The largest absolute Gasteiger partial charge is 0.472 e. The summed E-state index contributed by atoms with van der Waals surface area (Å²) in [6.07, 6.45) is 67.4. The number of hydrogen-bond acceptors (Lipinski definition) is 15. The van der Waals surface area contributed by atoms with Crippen molar-refractivity contribution in [3.05, 3.63) is 24.3 Å². The zero-order chi connectivity index (χ0) is 73.4. The summed E-state index contributed by atoms with van der Waals surface area (Å²) in [4.78, 5) is 72.9. The number of phosphoric ester groups is 2. The van der Waals surface area contributed by atoms with Crippen molar-refractivity contribution in [3.8, 4) is 0 Å². The Morgan fingerprint density at radius 3 is 0.850 bits per heavy atom. The summed E-state index contributed by atoms with van der Waals surface area (Å²) in [5.41, 5.74) is 0. The molecular formula is C81H154O17P2. The van der Waals surface area contributed by atoms with Gasteiger partial charge in [-0.2, -0.15) is 0 Å². The lowest BCUT2D eigenvalue weighted by atomic mass is 9.99. The molecule has 17 nitrogen and oxygen atoms in total. The molecule has 0 aromatic heterocycles. The minimum Gasteiger partial charge on any atom is -0.462 e. The molecule has 0 rings (SSSR count). The van der Waals surface area contributed by atoms with Crippen molar-refractivity contribution in [3.63, 3.8) is 0 Å². The van der Waals surface area contributed by atoms with E-state index in [4.69, 9.17) is 37.0 Å². The fourth-order valence-corrected chi connectivity index (χ4v) is 13.6. The van der Waals surface area contributed by atoms with E-state index in [9.17, 15) is 43.2 Å². The van der Waals surface area contributed by atoms with Crippen LogP contribution in [0.2, 0.25) is 0 Å². The molecule has 0 saturated heterocycles. The summed E-state index contributed by atoms with van der Waals surface area (Å²) in [5.74, 6) is -1.29. The molecular weight excluding hydrogens is 1310 g/mol. The summed E-state index contributed by atoms with van der Waals surface area (Å²) in [7, 11) is -9.93. The maximum Gasteiger partial charge on any atom is 0.472 e. The van der Waals surface area contributed by atoms with Crippen LogP contribution in [-0.4, -0.2) is 96.7 Å². The molecule has 0 aromatic carbocycles. The van der Waals surface area contributed by atoms with Crippen molar-refractivity contribution < 1.29 is 80.2 Å². The van der Waals surface area contributed by atoms with Crippen LogP contribution in [0.4, 0.5) is 0 Å². The van der Waals surface area contributed by atoms with Gasteiger partial charge < -0.3 is 33.8 Å². The van der Waals surface area contributed by atoms with Crippen LogP contribution in [-0.2, 0) is 65.4 Å². The number of carbonyl (C=O) groups is 4. The van der Waals surface area contributed by atoms with Crippen LogP contribution in [0, 0.1) is 5.92 Å². The second-order valence-electron chi connectivity index (χ2n) is 28.7. The van der Waals surface area contributed by atoms with Gasteiger partial charge in [-0.25, -0.2) is 9.13 Å². The molecule has 0 aliphatic rings. The van der Waals surface area contributed by atoms with Gasteiger partial charge >= 0.3 is 39.5 Å². The molecule has 0 radical (unpaired) electrons. The van der Waals surface area contributed by atoms with Crippen molar-refractivity contribution >= 4 is 39.5 Å². The highest BCUT2D eigenvalue weighted by Gasteiger charge is 2.30. The van der Waals surface area contributed by atoms with Crippen molar-refractivity contribution in [2.75, 3.05) is 39.6 Å². The van der Waals surface area contributed by atoms with E-state index in [1.165, 1.54) is 212 Å². The summed E-state index contributed by atoms with van der Waals surface area (Å²) < 4.78 is 68.6. The Morgan fingerprint density at radius 1 is 0.320 bits per heavy atom. The zero-order valence-corrected chi connectivity index (χ0v) is 66.6. The topological polar surface area (TPSA) is 237 Å². The predicted octanol–water partition coefficient (Wildman–Crippen LogP) is 24.0. The third-order valence-electron chi connectivity index (χ3n) is 18.8. The second-order valence-corrected chi connectivity index (χ2v) is 31.6. The Bertz CT molecular complexity index is 2010. The fourth-order valence-electron chi connectivity index (χ4n) is 12.0. The van der Waals surface area contributed by atoms with Crippen molar-refractivity contribution in [1.82, 2.24) is 0 Å². The molecule has 0 aromatic rings. The van der Waals surface area contributed by atoms with E-state index >= 15 is 0 Å². The monoisotopic (exact) mass is 1460 g/mol. The fraction of sp³-hybridized carbons (Fsp3) is 0.901. The molecule has 0 amide bonds. The van der Waals surface area contributed by atoms with E-state index in [2.05, 4.69) is 58.9 Å². The molecule has 3 N–H and O–H groups in total. The van der Waals surface area contributed by atoms with Crippen LogP contribution in [0.15, 0.2) is 24.3 Å². The first kappa shape index (κ1) is 97.5. The van der Waals surface area contributed by atoms with Crippen LogP contribution in [0.5, 0.6) is 0 Å². The molecule has 0 fully saturated rings. The lowest BCUT2D eigenvalue weighted by Gasteiger charge is -2.21. The molecule has 0 aliphatic carbocycles. The first-order chi connectivity index (χ1) is 48.6. The summed E-state index contributed by atoms with van der Waals surface area (Å²) in [5, 5.41) is 10.6. The van der Waals surface area contributed by atoms with Gasteiger partial charge in [0.15, 0.2) is 12.2 Å². The summed E-state index contributed by atoms with van der Waals surface area (Å²) in [6, 6.07) is 0. The first-order valence-corrected chi connectivity index (χ1v) is 44.5. The Morgan fingerprint density at radius 2 is 0.560 bits per heavy atom. The van der Waals surface area contributed by atoms with Crippen LogP contribution in [0.25, 0.3) is 0 Å². The van der Waals surface area contributed by atoms with E-state index in [1.807, 2.05) is 0 Å². The number of phosphoric acid groups is 2. The van der Waals surface area contributed by atoms with Gasteiger partial charge in [0.2, 0.25) is 0 Å². The maximum absolute atomic E-state index is 13.1. The van der Waals surface area contributed by atoms with Gasteiger partial charge in [-0.1, -0.05) is 354 Å². The molecule has 100 heavy (non-hydrogen) atoms. The minimum atomic E-state index is -4.97. The van der Waals surface area contributed by atoms with Crippen LogP contribution in [0.1, 0.15) is 407 Å². The quantitative estimate of drug-likeness (QED) is 0.0169. The number of unbranched alkanes of at least 4 members (excludes halogenated alkanes) is 47. The predicted molar refractivity (Wildman–Crippen MR) is 409 cm³/mol. The van der Waals surface area contributed by atoms with Gasteiger partial charge in [-0.05, 0) is 57.3 Å². The minimum absolute atomic E-state index is 0.0852. The van der Waals surface area contributed by atoms with Gasteiger partial charge in [0.25, 0.3) is 0 Å². The number of carbonyl (C=O) groups excluding carboxylic acids is 4. The van der Waals surface area contributed by atoms with Crippen molar-refractivity contribution in [2.45, 2.75) is 425 Å². The standard InChI is InChI=1S/C81H154O17P2/c1-6-10-13-16-19-22-24-26-28-29-30-31-33-39-43-47-52-57-62-67-81(86)98-77(71-92-79(84)65-60-55-50-45-41-37-35-34-36-40-44-48-53-58-63-74(5)9-4)73-96-100(89,90)94-69-75(82)68-93-99(87,88)95-72-76(70-91-78(83)64-59-54-49-21-18-15-12-8-3)97-80(85)66-61-56-51-46-42-38-32-27-25-23-20-17-14-11-7-2/h23,25,27,32,74-77,82H,6-22,24,26,28-31,33-73H2,1-5H3,(H,87,88)(H,89,90)/b25-23-,32-27-/t74?,75-,76+,77+/m0/s1. The lowest BCUT2D eigenvalue weighted by Crippen LogP contribution is -2.30. The Kier molecular flexibility index (Phi) is 71.6. The molecule has 590 valence electrons. The van der Waals surface area contributed by atoms with Crippen LogP contribution >= 0.6 is 15.6 Å². The highest BCUT2D eigenvalue weighted by molar-refractivity contribution is 7.47. The van der Waals surface area contributed by atoms with Gasteiger partial charge in [0.05, 0.1) is 26.4 Å². The third kappa shape index (κ3) is 72.5. The zero-order valence-electron chi connectivity index (χ0n) is 64.8. The van der Waals surface area contributed by atoms with E-state index < -0.39 is 97.5 Å². The van der Waals surface area contributed by atoms with Gasteiger partial charge in [0.1, 0.15) is 19.3 Å². The van der Waals surface area contributed by atoms with Gasteiger partial charge in [0, 0.05) is 25.7 Å². The third-order valence-corrected chi connectivity index (χ3v) is 20.7. The molecule has 0 heterocycles. The van der Waals surface area contributed by atoms with Gasteiger partial charge in [-0.15, -0.1) is 0 Å². The highest BCUT2D eigenvalue weighted by atomic mass is 31.2. The number of ether oxygens (including phenoxy) is 4. The Hall–Kier alpha value is -2.46. The molecule has 0 saturated carbocycles. The number of hydrogen-bond donors (Lipinski definition) is 3. The lowest BCUT2D eigenvalue weighted by molar-refractivity contribution is -0.161. The number of allylic oxidation sites excluding steroid dienone is 4. The average molecular weight is 1460 g/mol. The van der Waals surface area contributed by atoms with E-state index in [0.717, 1.165) is 115 Å². The van der Waals surface area contributed by atoms with Gasteiger partial charge in [-0.3, -0.25) is 37.3 Å². The normalized spacial score (nSPS) is 14.3. The Balaban J connectivity index is 5.23. The smallest absolute Gasteiger partial charge is 0.462 e. The molecule has 0 aliphatic heterocycles. The van der Waals surface area contributed by atoms with E-state index in [-0.39, 0.29) is 25.7 Å². The molecule has 0 spiro atoms. The highest BCUT2D eigenvalue weighted by Crippen LogP contribution is 2.45. The maximum atomic E-state index is 13.1. The van der Waals surface area contributed by atoms with E-state index in [1.54, 1.807) is 0 Å². The number of aliphatic hydroxyl groups is 1. The molecule has 3 unspecified atom stereocenters. The average Bonchev–Trinajstić information content (AvgIpc) is 0.922. The second kappa shape index (κ2) is 73.4. The van der Waals surface area contributed by atoms with Crippen LogP contribution in [0.3, 0.4) is 0 Å². The van der Waals surface area contributed by atoms with Crippen molar-refractivity contribution in [1.29, 1.82) is 0 Å². The summed E-state index contributed by atoms with van der Waals surface area (Å²) in [6.45, 7) is 7.29. The summed E-state index contributed by atoms with van der Waals surface area (Å²) >= 11 is 0. The number of aliphatic hydroxyl groups excluding tert-OH is 1.